The van der Waals surface area contributed by atoms with Crippen LogP contribution in [0.2, 0.25) is 0 Å². The predicted molar refractivity (Wildman–Crippen MR) is 82.6 cm³/mol. The van der Waals surface area contributed by atoms with E-state index in [1.165, 1.54) is 0 Å². The topological polar surface area (TPSA) is 57.6 Å². The number of amides is 2. The highest BCUT2D eigenvalue weighted by Gasteiger charge is 2.35. The summed E-state index contributed by atoms with van der Waals surface area (Å²) >= 11 is 0. The number of benzene rings is 2. The SMILES string of the molecule is O=C1c2ccccc2C(=O)N1CC(O)CCc1ccccc1. The lowest BCUT2D eigenvalue weighted by atomic mass is 10.1. The van der Waals surface area contributed by atoms with Crippen LogP contribution in [0, 0.1) is 0 Å². The fourth-order valence-corrected chi connectivity index (χ4v) is 2.68. The Kier molecular flexibility index (Phi) is 4.02. The summed E-state index contributed by atoms with van der Waals surface area (Å²) < 4.78 is 0. The van der Waals surface area contributed by atoms with E-state index in [0.717, 1.165) is 10.5 Å². The van der Waals surface area contributed by atoms with E-state index >= 15 is 0 Å². The molecule has 1 aliphatic heterocycles. The van der Waals surface area contributed by atoms with Gasteiger partial charge >= 0.3 is 0 Å². The summed E-state index contributed by atoms with van der Waals surface area (Å²) in [6.45, 7) is 0.0409. The fourth-order valence-electron chi connectivity index (χ4n) is 2.68. The van der Waals surface area contributed by atoms with Gasteiger partial charge in [0, 0.05) is 0 Å². The summed E-state index contributed by atoms with van der Waals surface area (Å²) in [5, 5.41) is 10.1. The second-order valence-corrected chi connectivity index (χ2v) is 5.44. The molecule has 1 atom stereocenters. The highest BCUT2D eigenvalue weighted by Crippen LogP contribution is 2.22. The van der Waals surface area contributed by atoms with Crippen molar-refractivity contribution in [2.75, 3.05) is 6.54 Å². The first-order valence-corrected chi connectivity index (χ1v) is 7.34. The van der Waals surface area contributed by atoms with Gasteiger partial charge in [0.2, 0.25) is 0 Å². The minimum atomic E-state index is -0.720. The normalized spacial score (nSPS) is 15.0. The molecule has 0 fully saturated rings. The Bertz CT molecular complexity index is 661. The van der Waals surface area contributed by atoms with Gasteiger partial charge < -0.3 is 5.11 Å². The molecule has 1 unspecified atom stereocenters. The number of carbonyl (C=O) groups is 2. The van der Waals surface area contributed by atoms with Gasteiger partial charge in [0.15, 0.2) is 0 Å². The van der Waals surface area contributed by atoms with Gasteiger partial charge in [-0.2, -0.15) is 0 Å². The van der Waals surface area contributed by atoms with E-state index < -0.39 is 6.10 Å². The Hall–Kier alpha value is -2.46. The highest BCUT2D eigenvalue weighted by atomic mass is 16.3. The molecule has 4 heteroatoms. The minimum absolute atomic E-state index is 0.0409. The molecule has 0 saturated heterocycles. The number of hydrogen-bond donors (Lipinski definition) is 1. The second kappa shape index (κ2) is 6.12. The summed E-state index contributed by atoms with van der Waals surface area (Å²) in [4.78, 5) is 25.6. The van der Waals surface area contributed by atoms with Gasteiger partial charge in [0.25, 0.3) is 11.8 Å². The van der Waals surface area contributed by atoms with Gasteiger partial charge in [0.05, 0.1) is 23.8 Å². The number of rotatable bonds is 5. The van der Waals surface area contributed by atoms with Gasteiger partial charge in [-0.3, -0.25) is 14.5 Å². The number of hydrogen-bond acceptors (Lipinski definition) is 3. The third-order valence-electron chi connectivity index (χ3n) is 3.88. The van der Waals surface area contributed by atoms with Crippen LogP contribution < -0.4 is 0 Å². The number of imide groups is 1. The summed E-state index contributed by atoms with van der Waals surface area (Å²) in [6, 6.07) is 16.6. The lowest BCUT2D eigenvalue weighted by molar-refractivity contribution is 0.0534. The van der Waals surface area contributed by atoms with Crippen molar-refractivity contribution < 1.29 is 14.7 Å². The van der Waals surface area contributed by atoms with Gasteiger partial charge in [-0.1, -0.05) is 42.5 Å². The average molecular weight is 295 g/mol. The van der Waals surface area contributed by atoms with E-state index in [-0.39, 0.29) is 18.4 Å². The largest absolute Gasteiger partial charge is 0.391 e. The molecule has 1 heterocycles. The van der Waals surface area contributed by atoms with Crippen LogP contribution in [0.15, 0.2) is 54.6 Å². The van der Waals surface area contributed by atoms with Crippen molar-refractivity contribution in [1.29, 1.82) is 0 Å². The molecule has 2 aromatic rings. The Balaban J connectivity index is 1.62. The van der Waals surface area contributed by atoms with Crippen molar-refractivity contribution in [2.24, 2.45) is 0 Å². The molecule has 2 aromatic carbocycles. The number of β-amino-alcohol motifs (C(OH)–C–C–N with tert-alkyl or cyclic N) is 1. The molecule has 0 aliphatic carbocycles. The molecule has 0 spiro atoms. The van der Waals surface area contributed by atoms with Crippen LogP contribution in [0.1, 0.15) is 32.7 Å². The standard InChI is InChI=1S/C18H17NO3/c20-14(11-10-13-6-2-1-3-7-13)12-19-17(21)15-8-4-5-9-16(15)18(19)22/h1-9,14,20H,10-12H2. The van der Waals surface area contributed by atoms with E-state index in [1.54, 1.807) is 24.3 Å². The number of carbonyl (C=O) groups excluding carboxylic acids is 2. The molecule has 2 amide bonds. The van der Waals surface area contributed by atoms with Crippen molar-refractivity contribution >= 4 is 11.8 Å². The molecule has 1 aliphatic rings. The van der Waals surface area contributed by atoms with Gasteiger partial charge in [0.1, 0.15) is 0 Å². The molecular weight excluding hydrogens is 278 g/mol. The van der Waals surface area contributed by atoms with Crippen molar-refractivity contribution in [2.45, 2.75) is 18.9 Å². The Morgan fingerprint density at radius 3 is 2.00 bits per heavy atom. The lowest BCUT2D eigenvalue weighted by Crippen LogP contribution is -2.37. The van der Waals surface area contributed by atoms with E-state index in [1.807, 2.05) is 30.3 Å². The van der Waals surface area contributed by atoms with Crippen LogP contribution in [0.5, 0.6) is 0 Å². The monoisotopic (exact) mass is 295 g/mol. The number of aliphatic hydroxyl groups is 1. The van der Waals surface area contributed by atoms with Crippen molar-refractivity contribution in [3.05, 3.63) is 71.3 Å². The van der Waals surface area contributed by atoms with Gasteiger partial charge in [-0.25, -0.2) is 0 Å². The van der Waals surface area contributed by atoms with Crippen molar-refractivity contribution in [3.63, 3.8) is 0 Å². The molecular formula is C18H17NO3. The third-order valence-corrected chi connectivity index (χ3v) is 3.88. The zero-order chi connectivity index (χ0) is 15.5. The molecule has 22 heavy (non-hydrogen) atoms. The average Bonchev–Trinajstić information content (AvgIpc) is 2.79. The van der Waals surface area contributed by atoms with Crippen molar-refractivity contribution in [1.82, 2.24) is 4.90 Å². The summed E-state index contributed by atoms with van der Waals surface area (Å²) in [5.74, 6) is -0.640. The molecule has 0 saturated carbocycles. The molecule has 0 aromatic heterocycles. The molecule has 3 rings (SSSR count). The summed E-state index contributed by atoms with van der Waals surface area (Å²) in [5.41, 5.74) is 1.97. The van der Waals surface area contributed by atoms with Crippen LogP contribution in [-0.2, 0) is 6.42 Å². The maximum Gasteiger partial charge on any atom is 0.261 e. The molecule has 0 bridgehead atoms. The molecule has 112 valence electrons. The molecule has 0 radical (unpaired) electrons. The lowest BCUT2D eigenvalue weighted by Gasteiger charge is -2.18. The number of fused-ring (bicyclic) bond motifs is 1. The fraction of sp³-hybridized carbons (Fsp3) is 0.222. The first-order chi connectivity index (χ1) is 10.7. The smallest absolute Gasteiger partial charge is 0.261 e. The van der Waals surface area contributed by atoms with Crippen LogP contribution in [-0.4, -0.2) is 34.5 Å². The van der Waals surface area contributed by atoms with E-state index in [4.69, 9.17) is 0 Å². The minimum Gasteiger partial charge on any atom is -0.391 e. The Morgan fingerprint density at radius 2 is 1.41 bits per heavy atom. The second-order valence-electron chi connectivity index (χ2n) is 5.44. The third kappa shape index (κ3) is 2.78. The van der Waals surface area contributed by atoms with Crippen LogP contribution in [0.25, 0.3) is 0 Å². The van der Waals surface area contributed by atoms with Gasteiger partial charge in [-0.15, -0.1) is 0 Å². The maximum absolute atomic E-state index is 12.2. The number of aliphatic hydroxyl groups excluding tert-OH is 1. The van der Waals surface area contributed by atoms with Crippen LogP contribution in [0.4, 0.5) is 0 Å². The Labute approximate surface area is 129 Å². The van der Waals surface area contributed by atoms with Crippen LogP contribution >= 0.6 is 0 Å². The first-order valence-electron chi connectivity index (χ1n) is 7.34. The van der Waals surface area contributed by atoms with Gasteiger partial charge in [-0.05, 0) is 30.5 Å². The zero-order valence-electron chi connectivity index (χ0n) is 12.1. The van der Waals surface area contributed by atoms with Crippen LogP contribution in [0.3, 0.4) is 0 Å². The highest BCUT2D eigenvalue weighted by molar-refractivity contribution is 6.21. The zero-order valence-corrected chi connectivity index (χ0v) is 12.1. The number of nitrogens with zero attached hydrogens (tertiary/aromatic N) is 1. The number of aryl methyl sites for hydroxylation is 1. The first kappa shape index (κ1) is 14.5. The van der Waals surface area contributed by atoms with Crippen molar-refractivity contribution in [3.8, 4) is 0 Å². The summed E-state index contributed by atoms with van der Waals surface area (Å²) in [6.07, 6.45) is 0.505. The Morgan fingerprint density at radius 1 is 0.864 bits per heavy atom. The summed E-state index contributed by atoms with van der Waals surface area (Å²) in [7, 11) is 0. The maximum atomic E-state index is 12.2. The molecule has 4 nitrogen and oxygen atoms in total. The predicted octanol–water partition coefficient (Wildman–Crippen LogP) is 2.28. The quantitative estimate of drug-likeness (QED) is 0.861. The van der Waals surface area contributed by atoms with E-state index in [2.05, 4.69) is 0 Å². The van der Waals surface area contributed by atoms with E-state index in [9.17, 15) is 14.7 Å². The van der Waals surface area contributed by atoms with E-state index in [0.29, 0.717) is 24.0 Å². The molecule has 1 N–H and O–H groups in total.